The minimum atomic E-state index is 0.820. The van der Waals surface area contributed by atoms with E-state index in [2.05, 4.69) is 46.2 Å². The number of nitrogens with zero attached hydrogens (tertiary/aromatic N) is 3. The van der Waals surface area contributed by atoms with Gasteiger partial charge in [-0.15, -0.1) is 11.3 Å². The second-order valence-electron chi connectivity index (χ2n) is 4.01. The van der Waals surface area contributed by atoms with E-state index in [4.69, 9.17) is 0 Å². The summed E-state index contributed by atoms with van der Waals surface area (Å²) in [5.74, 6) is 0. The number of aliphatic imine (C=N–C) groups is 1. The highest BCUT2D eigenvalue weighted by molar-refractivity contribution is 7.11. The first-order chi connectivity index (χ1) is 8.36. The Bertz CT molecular complexity index is 546. The molecule has 2 heterocycles. The Balaban J connectivity index is 2.16. The van der Waals surface area contributed by atoms with Crippen LogP contribution in [0.2, 0.25) is 0 Å². The molecule has 0 atom stereocenters. The average molecular weight is 243 g/mol. The Morgan fingerprint density at radius 2 is 2.18 bits per heavy atom. The van der Waals surface area contributed by atoms with E-state index >= 15 is 0 Å². The largest absolute Gasteiger partial charge is 0.372 e. The fourth-order valence-electron chi connectivity index (χ4n) is 2.05. The highest BCUT2D eigenvalue weighted by atomic mass is 32.1. The number of anilines is 1. The molecule has 1 aliphatic heterocycles. The topological polar surface area (TPSA) is 28.5 Å². The van der Waals surface area contributed by atoms with E-state index in [1.807, 2.05) is 11.6 Å². The van der Waals surface area contributed by atoms with Crippen LogP contribution >= 0.6 is 11.3 Å². The third kappa shape index (κ3) is 1.85. The van der Waals surface area contributed by atoms with Crippen LogP contribution in [0.15, 0.2) is 40.8 Å². The van der Waals surface area contributed by atoms with Crippen molar-refractivity contribution in [2.75, 3.05) is 25.0 Å². The standard InChI is InChI=1S/C13H13N3S/c1-16-8-6-14-12(13-15-7-9-17-13)10-4-2-3-5-11(10)16/h2-5,7,9H,6,8H2,1H3. The van der Waals surface area contributed by atoms with Crippen molar-refractivity contribution >= 4 is 22.7 Å². The Kier molecular flexibility index (Phi) is 2.65. The van der Waals surface area contributed by atoms with Gasteiger partial charge in [-0.1, -0.05) is 18.2 Å². The monoisotopic (exact) mass is 243 g/mol. The third-order valence-corrected chi connectivity index (χ3v) is 3.69. The van der Waals surface area contributed by atoms with Gasteiger partial charge in [0.25, 0.3) is 0 Å². The molecule has 0 unspecified atom stereocenters. The first-order valence-corrected chi connectivity index (χ1v) is 6.49. The zero-order valence-corrected chi connectivity index (χ0v) is 10.4. The predicted octanol–water partition coefficient (Wildman–Crippen LogP) is 2.43. The lowest BCUT2D eigenvalue weighted by Gasteiger charge is -2.18. The second kappa shape index (κ2) is 4.30. The molecule has 17 heavy (non-hydrogen) atoms. The Morgan fingerprint density at radius 3 is 3.00 bits per heavy atom. The van der Waals surface area contributed by atoms with Crippen molar-refractivity contribution in [2.24, 2.45) is 4.99 Å². The minimum absolute atomic E-state index is 0.820. The summed E-state index contributed by atoms with van der Waals surface area (Å²) in [6.07, 6.45) is 1.83. The van der Waals surface area contributed by atoms with Crippen molar-refractivity contribution in [3.63, 3.8) is 0 Å². The number of para-hydroxylation sites is 1. The first kappa shape index (κ1) is 10.5. The molecule has 1 aromatic carbocycles. The number of thiazole rings is 1. The maximum atomic E-state index is 4.68. The van der Waals surface area contributed by atoms with Crippen molar-refractivity contribution in [1.29, 1.82) is 0 Å². The molecule has 1 aromatic heterocycles. The van der Waals surface area contributed by atoms with E-state index in [-0.39, 0.29) is 0 Å². The summed E-state index contributed by atoms with van der Waals surface area (Å²) < 4.78 is 0. The van der Waals surface area contributed by atoms with Crippen LogP contribution in [-0.2, 0) is 0 Å². The van der Waals surface area contributed by atoms with Crippen LogP contribution in [-0.4, -0.2) is 30.8 Å². The predicted molar refractivity (Wildman–Crippen MR) is 72.3 cm³/mol. The van der Waals surface area contributed by atoms with Crippen LogP contribution in [0.3, 0.4) is 0 Å². The van der Waals surface area contributed by atoms with Crippen molar-refractivity contribution < 1.29 is 0 Å². The molecule has 0 radical (unpaired) electrons. The maximum Gasteiger partial charge on any atom is 0.142 e. The molecule has 2 aromatic rings. The molecule has 0 N–H and O–H groups in total. The zero-order valence-electron chi connectivity index (χ0n) is 9.63. The first-order valence-electron chi connectivity index (χ1n) is 5.61. The number of aromatic nitrogens is 1. The molecule has 0 aliphatic carbocycles. The Hall–Kier alpha value is -1.68. The molecule has 0 saturated heterocycles. The number of benzodiazepines with no additional fused rings is 1. The average Bonchev–Trinajstić information content (AvgIpc) is 2.83. The van der Waals surface area contributed by atoms with Gasteiger partial charge < -0.3 is 4.90 Å². The molecule has 0 saturated carbocycles. The van der Waals surface area contributed by atoms with Gasteiger partial charge in [0.2, 0.25) is 0 Å². The smallest absolute Gasteiger partial charge is 0.142 e. The number of likely N-dealkylation sites (N-methyl/N-ethyl adjacent to an activating group) is 1. The van der Waals surface area contributed by atoms with Crippen molar-refractivity contribution in [3.05, 3.63) is 46.4 Å². The molecular weight excluding hydrogens is 230 g/mol. The summed E-state index contributed by atoms with van der Waals surface area (Å²) in [7, 11) is 2.11. The molecule has 3 rings (SSSR count). The van der Waals surface area contributed by atoms with Crippen LogP contribution < -0.4 is 4.90 Å². The highest BCUT2D eigenvalue weighted by Crippen LogP contribution is 2.25. The summed E-state index contributed by atoms with van der Waals surface area (Å²) in [5.41, 5.74) is 3.45. The molecule has 0 fully saturated rings. The fraction of sp³-hybridized carbons (Fsp3) is 0.231. The zero-order chi connectivity index (χ0) is 11.7. The molecule has 3 nitrogen and oxygen atoms in total. The molecule has 4 heteroatoms. The molecule has 0 spiro atoms. The normalized spacial score (nSPS) is 15.1. The van der Waals surface area contributed by atoms with Gasteiger partial charge in [0, 0.05) is 36.4 Å². The van der Waals surface area contributed by atoms with E-state index in [0.29, 0.717) is 0 Å². The van der Waals surface area contributed by atoms with Crippen LogP contribution in [0, 0.1) is 0 Å². The SMILES string of the molecule is CN1CCN=C(c2nccs2)c2ccccc21. The van der Waals surface area contributed by atoms with Gasteiger partial charge in [-0.25, -0.2) is 4.98 Å². The van der Waals surface area contributed by atoms with E-state index in [0.717, 1.165) is 23.8 Å². The lowest BCUT2D eigenvalue weighted by Crippen LogP contribution is -2.20. The summed E-state index contributed by atoms with van der Waals surface area (Å²) >= 11 is 1.64. The van der Waals surface area contributed by atoms with E-state index < -0.39 is 0 Å². The number of hydrogen-bond donors (Lipinski definition) is 0. The quantitative estimate of drug-likeness (QED) is 0.769. The van der Waals surface area contributed by atoms with Gasteiger partial charge in [0.1, 0.15) is 10.7 Å². The summed E-state index contributed by atoms with van der Waals surface area (Å²) in [5, 5.41) is 3.00. The van der Waals surface area contributed by atoms with E-state index in [9.17, 15) is 0 Å². The van der Waals surface area contributed by atoms with Gasteiger partial charge >= 0.3 is 0 Å². The van der Waals surface area contributed by atoms with E-state index in [1.165, 1.54) is 11.3 Å². The lowest BCUT2D eigenvalue weighted by atomic mass is 10.1. The van der Waals surface area contributed by atoms with Crippen LogP contribution in [0.5, 0.6) is 0 Å². The van der Waals surface area contributed by atoms with Crippen LogP contribution in [0.4, 0.5) is 5.69 Å². The molecule has 0 amide bonds. The fourth-order valence-corrected chi connectivity index (χ4v) is 2.71. The number of rotatable bonds is 1. The second-order valence-corrected chi connectivity index (χ2v) is 4.90. The molecule has 86 valence electrons. The van der Waals surface area contributed by atoms with Gasteiger partial charge in [0.15, 0.2) is 0 Å². The maximum absolute atomic E-state index is 4.68. The third-order valence-electron chi connectivity index (χ3n) is 2.91. The molecule has 0 bridgehead atoms. The number of benzene rings is 1. The van der Waals surface area contributed by atoms with Gasteiger partial charge in [-0.2, -0.15) is 0 Å². The van der Waals surface area contributed by atoms with Gasteiger partial charge in [-0.05, 0) is 6.07 Å². The van der Waals surface area contributed by atoms with Gasteiger partial charge in [-0.3, -0.25) is 4.99 Å². The number of hydrogen-bond acceptors (Lipinski definition) is 4. The molecular formula is C13H13N3S. The molecule has 1 aliphatic rings. The van der Waals surface area contributed by atoms with Gasteiger partial charge in [0.05, 0.1) is 6.54 Å². The Labute approximate surface area is 104 Å². The summed E-state index contributed by atoms with van der Waals surface area (Å²) in [4.78, 5) is 11.3. The minimum Gasteiger partial charge on any atom is -0.372 e. The number of fused-ring (bicyclic) bond motifs is 1. The van der Waals surface area contributed by atoms with Crippen molar-refractivity contribution in [3.8, 4) is 0 Å². The summed E-state index contributed by atoms with van der Waals surface area (Å²) in [6, 6.07) is 8.39. The lowest BCUT2D eigenvalue weighted by molar-refractivity contribution is 0.896. The van der Waals surface area contributed by atoms with Crippen molar-refractivity contribution in [1.82, 2.24) is 4.98 Å². The van der Waals surface area contributed by atoms with Crippen LogP contribution in [0.25, 0.3) is 0 Å². The highest BCUT2D eigenvalue weighted by Gasteiger charge is 2.18. The van der Waals surface area contributed by atoms with Crippen LogP contribution in [0.1, 0.15) is 10.6 Å². The summed E-state index contributed by atoms with van der Waals surface area (Å²) in [6.45, 7) is 1.77. The Morgan fingerprint density at radius 1 is 1.29 bits per heavy atom. The van der Waals surface area contributed by atoms with E-state index in [1.54, 1.807) is 11.3 Å². The van der Waals surface area contributed by atoms with Crippen molar-refractivity contribution in [2.45, 2.75) is 0 Å².